The van der Waals surface area contributed by atoms with Gasteiger partial charge in [0.05, 0.1) is 0 Å². The monoisotopic (exact) mass is 141 g/mol. The van der Waals surface area contributed by atoms with Crippen LogP contribution in [-0.2, 0) is 0 Å². The van der Waals surface area contributed by atoms with Crippen LogP contribution in [0.25, 0.3) is 10.4 Å². The van der Waals surface area contributed by atoms with Gasteiger partial charge >= 0.3 is 0 Å². The fourth-order valence-electron chi connectivity index (χ4n) is 0.360. The van der Waals surface area contributed by atoms with Gasteiger partial charge in [-0.25, -0.2) is 4.98 Å². The quantitative estimate of drug-likeness (QED) is 0.366. The fraction of sp³-hybridized carbons (Fsp3) is 0. The smallest absolute Gasteiger partial charge is 0.182 e. The van der Waals surface area contributed by atoms with Crippen LogP contribution in [-0.4, -0.2) is 4.98 Å². The molecule has 5 nitrogen and oxygen atoms in total. The Morgan fingerprint density at radius 3 is 3.11 bits per heavy atom. The second kappa shape index (κ2) is 2.34. The normalized spacial score (nSPS) is 8.44. The SMILES string of the molecule is [N-]=[N+]=Nc1nc(N)cs1. The first-order chi connectivity index (χ1) is 4.33. The third-order valence-electron chi connectivity index (χ3n) is 0.640. The van der Waals surface area contributed by atoms with Crippen LogP contribution in [0.4, 0.5) is 10.9 Å². The van der Waals surface area contributed by atoms with Crippen molar-refractivity contribution in [1.29, 1.82) is 0 Å². The standard InChI is InChI=1S/C3H3N5S/c4-2-1-9-3(6-2)7-8-5/h1H,4H2. The van der Waals surface area contributed by atoms with Gasteiger partial charge in [-0.15, -0.1) is 11.3 Å². The lowest BCUT2D eigenvalue weighted by Gasteiger charge is -1.73. The average molecular weight is 141 g/mol. The van der Waals surface area contributed by atoms with E-state index in [1.54, 1.807) is 5.38 Å². The second-order valence-corrected chi connectivity index (χ2v) is 2.08. The Bertz CT molecular complexity index is 246. The van der Waals surface area contributed by atoms with Crippen molar-refractivity contribution < 1.29 is 0 Å². The van der Waals surface area contributed by atoms with Crippen LogP contribution in [0.5, 0.6) is 0 Å². The molecule has 0 radical (unpaired) electrons. The van der Waals surface area contributed by atoms with E-state index < -0.39 is 0 Å². The van der Waals surface area contributed by atoms with Crippen molar-refractivity contribution in [3.05, 3.63) is 15.8 Å². The summed E-state index contributed by atoms with van der Waals surface area (Å²) in [5.74, 6) is 0.391. The van der Waals surface area contributed by atoms with E-state index in [2.05, 4.69) is 15.0 Å². The molecule has 0 saturated carbocycles. The average Bonchev–Trinajstić information content (AvgIpc) is 2.17. The molecule has 0 aliphatic heterocycles. The molecule has 0 aromatic carbocycles. The van der Waals surface area contributed by atoms with Gasteiger partial charge in [-0.3, -0.25) is 0 Å². The van der Waals surface area contributed by atoms with E-state index >= 15 is 0 Å². The molecule has 0 bridgehead atoms. The van der Waals surface area contributed by atoms with Crippen molar-refractivity contribution in [2.75, 3.05) is 5.73 Å². The number of hydrogen-bond donors (Lipinski definition) is 1. The van der Waals surface area contributed by atoms with E-state index in [-0.39, 0.29) is 0 Å². The van der Waals surface area contributed by atoms with Crippen LogP contribution in [0, 0.1) is 0 Å². The summed E-state index contributed by atoms with van der Waals surface area (Å²) in [7, 11) is 0. The zero-order valence-corrected chi connectivity index (χ0v) is 5.17. The molecule has 46 valence electrons. The Kier molecular flexibility index (Phi) is 1.53. The van der Waals surface area contributed by atoms with Gasteiger partial charge in [-0.05, 0) is 10.6 Å². The molecule has 1 rings (SSSR count). The van der Waals surface area contributed by atoms with E-state index in [1.165, 1.54) is 11.3 Å². The molecule has 1 aromatic heterocycles. The van der Waals surface area contributed by atoms with Crippen LogP contribution < -0.4 is 5.73 Å². The molecule has 0 aliphatic carbocycles. The largest absolute Gasteiger partial charge is 0.383 e. The van der Waals surface area contributed by atoms with Gasteiger partial charge in [0.25, 0.3) is 0 Å². The van der Waals surface area contributed by atoms with Gasteiger partial charge in [0, 0.05) is 10.3 Å². The van der Waals surface area contributed by atoms with Gasteiger partial charge in [-0.2, -0.15) is 0 Å². The van der Waals surface area contributed by atoms with E-state index in [4.69, 9.17) is 11.3 Å². The lowest BCUT2D eigenvalue weighted by molar-refractivity contribution is 1.34. The maximum Gasteiger partial charge on any atom is 0.182 e. The molecule has 0 atom stereocenters. The first-order valence-corrected chi connectivity index (χ1v) is 2.97. The second-order valence-electron chi connectivity index (χ2n) is 1.24. The zero-order chi connectivity index (χ0) is 6.69. The van der Waals surface area contributed by atoms with E-state index in [9.17, 15) is 0 Å². The molecule has 0 unspecified atom stereocenters. The van der Waals surface area contributed by atoms with Gasteiger partial charge in [0.15, 0.2) is 5.13 Å². The lowest BCUT2D eigenvalue weighted by Crippen LogP contribution is -1.80. The van der Waals surface area contributed by atoms with Crippen molar-refractivity contribution in [1.82, 2.24) is 4.98 Å². The number of aromatic nitrogens is 1. The highest BCUT2D eigenvalue weighted by Gasteiger charge is 1.91. The molecule has 2 N–H and O–H groups in total. The lowest BCUT2D eigenvalue weighted by atomic mass is 10.8. The molecule has 9 heavy (non-hydrogen) atoms. The number of thiazole rings is 1. The van der Waals surface area contributed by atoms with Crippen LogP contribution in [0.1, 0.15) is 0 Å². The molecule has 1 heterocycles. The summed E-state index contributed by atoms with van der Waals surface area (Å²) in [5.41, 5.74) is 13.1. The number of anilines is 1. The number of hydrogen-bond acceptors (Lipinski definition) is 4. The first kappa shape index (κ1) is 5.87. The van der Waals surface area contributed by atoms with Crippen LogP contribution in [0.15, 0.2) is 10.5 Å². The van der Waals surface area contributed by atoms with E-state index in [0.29, 0.717) is 10.9 Å². The van der Waals surface area contributed by atoms with E-state index in [0.717, 1.165) is 0 Å². The third kappa shape index (κ3) is 1.31. The molecule has 0 amide bonds. The van der Waals surface area contributed by atoms with Crippen molar-refractivity contribution in [2.24, 2.45) is 5.11 Å². The molecule has 6 heteroatoms. The van der Waals surface area contributed by atoms with Crippen molar-refractivity contribution in [2.45, 2.75) is 0 Å². The van der Waals surface area contributed by atoms with Gasteiger partial charge in [0.2, 0.25) is 0 Å². The Hall–Kier alpha value is -1.26. The summed E-state index contributed by atoms with van der Waals surface area (Å²) in [6.45, 7) is 0. The highest BCUT2D eigenvalue weighted by atomic mass is 32.1. The van der Waals surface area contributed by atoms with Crippen molar-refractivity contribution >= 4 is 22.3 Å². The minimum Gasteiger partial charge on any atom is -0.383 e. The summed E-state index contributed by atoms with van der Waals surface area (Å²) < 4.78 is 0. The summed E-state index contributed by atoms with van der Waals surface area (Å²) in [5, 5.41) is 5.21. The molecule has 0 fully saturated rings. The maximum atomic E-state index is 7.91. The van der Waals surface area contributed by atoms with Gasteiger partial charge in [-0.1, -0.05) is 0 Å². The molecule has 0 saturated heterocycles. The van der Waals surface area contributed by atoms with Crippen LogP contribution in [0.2, 0.25) is 0 Å². The molecular formula is C3H3N5S. The third-order valence-corrected chi connectivity index (χ3v) is 1.38. The molecule has 1 aromatic rings. The fourth-order valence-corrected chi connectivity index (χ4v) is 0.881. The molecule has 0 spiro atoms. The topological polar surface area (TPSA) is 87.7 Å². The van der Waals surface area contributed by atoms with E-state index in [1.807, 2.05) is 0 Å². The number of rotatable bonds is 1. The number of nitrogens with zero attached hydrogens (tertiary/aromatic N) is 4. The predicted molar refractivity (Wildman–Crippen MR) is 35.3 cm³/mol. The number of nitrogen functional groups attached to an aromatic ring is 1. The van der Waals surface area contributed by atoms with Crippen molar-refractivity contribution in [3.63, 3.8) is 0 Å². The highest BCUT2D eigenvalue weighted by Crippen LogP contribution is 2.19. The number of nitrogens with two attached hydrogens (primary N) is 1. The minimum atomic E-state index is 0.356. The molecular weight excluding hydrogens is 138 g/mol. The van der Waals surface area contributed by atoms with Gasteiger partial charge in [0.1, 0.15) is 5.82 Å². The summed E-state index contributed by atoms with van der Waals surface area (Å²) >= 11 is 1.22. The molecule has 0 aliphatic rings. The first-order valence-electron chi connectivity index (χ1n) is 2.09. The van der Waals surface area contributed by atoms with Gasteiger partial charge < -0.3 is 5.73 Å². The minimum absolute atomic E-state index is 0.356. The Balaban J connectivity index is 2.97. The summed E-state index contributed by atoms with van der Waals surface area (Å²) in [6.07, 6.45) is 0. The zero-order valence-electron chi connectivity index (χ0n) is 4.35. The Morgan fingerprint density at radius 1 is 1.89 bits per heavy atom. The van der Waals surface area contributed by atoms with Crippen LogP contribution in [0.3, 0.4) is 0 Å². The number of azide groups is 1. The van der Waals surface area contributed by atoms with Crippen LogP contribution >= 0.6 is 11.3 Å². The predicted octanol–water partition coefficient (Wildman–Crippen LogP) is 1.67. The summed E-state index contributed by atoms with van der Waals surface area (Å²) in [6, 6.07) is 0. The highest BCUT2D eigenvalue weighted by molar-refractivity contribution is 7.13. The summed E-state index contributed by atoms with van der Waals surface area (Å²) in [4.78, 5) is 6.21. The Morgan fingerprint density at radius 2 is 2.67 bits per heavy atom. The maximum absolute atomic E-state index is 7.91. The van der Waals surface area contributed by atoms with Crippen molar-refractivity contribution in [3.8, 4) is 0 Å². The Labute approximate surface area is 54.8 Å².